The molecule has 2 aromatic carbocycles. The Balaban J connectivity index is 1.52. The van der Waals surface area contributed by atoms with Gasteiger partial charge in [-0.25, -0.2) is 4.39 Å². The summed E-state index contributed by atoms with van der Waals surface area (Å²) in [5.41, 5.74) is 2.15. The summed E-state index contributed by atoms with van der Waals surface area (Å²) >= 11 is 0. The number of nitrogens with zero attached hydrogens (tertiary/aromatic N) is 1. The summed E-state index contributed by atoms with van der Waals surface area (Å²) in [5.74, 6) is -7.47. The smallest absolute Gasteiger partial charge is 0.255 e. The van der Waals surface area contributed by atoms with Crippen LogP contribution >= 0.6 is 0 Å². The molecule has 6 N–H and O–H groups in total. The number of amides is 1. The van der Waals surface area contributed by atoms with Crippen LogP contribution in [0.15, 0.2) is 35.1 Å². The van der Waals surface area contributed by atoms with Gasteiger partial charge in [0.1, 0.15) is 28.7 Å². The molecule has 40 heavy (non-hydrogen) atoms. The maximum absolute atomic E-state index is 16.0. The molecule has 6 rings (SSSR count). The number of rotatable bonds is 5. The molecule has 4 aliphatic rings. The van der Waals surface area contributed by atoms with Crippen LogP contribution in [0, 0.1) is 23.6 Å². The molecule has 2 fully saturated rings. The van der Waals surface area contributed by atoms with Crippen molar-refractivity contribution in [3.8, 4) is 5.75 Å². The van der Waals surface area contributed by atoms with Crippen molar-refractivity contribution in [1.82, 2.24) is 4.90 Å². The number of aryl methyl sites for hydroxylation is 1. The van der Waals surface area contributed by atoms with Gasteiger partial charge in [-0.3, -0.25) is 19.3 Å². The first-order valence-corrected chi connectivity index (χ1v) is 13.5. The number of nitrogens with two attached hydrogens (primary N) is 1. The molecule has 10 heteroatoms. The Bertz CT molecular complexity index is 1590. The number of primary amides is 1. The number of phenols is 1. The summed E-state index contributed by atoms with van der Waals surface area (Å²) in [4.78, 5) is 40.6. The van der Waals surface area contributed by atoms with Gasteiger partial charge in [0.25, 0.3) is 5.91 Å². The lowest BCUT2D eigenvalue weighted by atomic mass is 9.57. The minimum absolute atomic E-state index is 0.0290. The predicted octanol–water partition coefficient (Wildman–Crippen LogP) is 2.60. The average molecular weight is 551 g/mol. The predicted molar refractivity (Wildman–Crippen MR) is 143 cm³/mol. The van der Waals surface area contributed by atoms with E-state index in [0.29, 0.717) is 5.92 Å². The van der Waals surface area contributed by atoms with E-state index in [1.165, 1.54) is 31.8 Å². The van der Waals surface area contributed by atoms with Crippen LogP contribution < -0.4 is 5.73 Å². The van der Waals surface area contributed by atoms with Gasteiger partial charge in [-0.2, -0.15) is 0 Å². The van der Waals surface area contributed by atoms with Crippen molar-refractivity contribution < 1.29 is 39.2 Å². The van der Waals surface area contributed by atoms with Gasteiger partial charge in [-0.1, -0.05) is 25.0 Å². The third kappa shape index (κ3) is 3.55. The molecule has 0 spiro atoms. The van der Waals surface area contributed by atoms with Crippen LogP contribution in [0.4, 0.5) is 4.39 Å². The maximum atomic E-state index is 16.0. The molecule has 2 saturated carbocycles. The molecular weight excluding hydrogens is 519 g/mol. The number of ketones is 2. The molecule has 0 unspecified atom stereocenters. The van der Waals surface area contributed by atoms with E-state index in [4.69, 9.17) is 5.73 Å². The van der Waals surface area contributed by atoms with Crippen molar-refractivity contribution >= 4 is 34.0 Å². The number of likely N-dealkylation sites (N-methyl/N-ethyl adjacent to an activating group) is 1. The fourth-order valence-electron chi connectivity index (χ4n) is 7.04. The fraction of sp³-hybridized carbons (Fsp3) is 0.433. The summed E-state index contributed by atoms with van der Waals surface area (Å²) in [6.07, 6.45) is 3.96. The van der Waals surface area contributed by atoms with Gasteiger partial charge in [0.2, 0.25) is 5.78 Å². The van der Waals surface area contributed by atoms with E-state index < -0.39 is 63.9 Å². The van der Waals surface area contributed by atoms with Crippen LogP contribution in [0.5, 0.6) is 5.75 Å². The Morgan fingerprint density at radius 2 is 1.85 bits per heavy atom. The topological polar surface area (TPSA) is 161 Å². The van der Waals surface area contributed by atoms with Crippen molar-refractivity contribution in [2.24, 2.45) is 23.5 Å². The number of hydrogen-bond acceptors (Lipinski definition) is 8. The third-order valence-electron chi connectivity index (χ3n) is 9.23. The van der Waals surface area contributed by atoms with E-state index >= 15 is 4.39 Å². The van der Waals surface area contributed by atoms with E-state index in [-0.39, 0.29) is 46.1 Å². The van der Waals surface area contributed by atoms with Gasteiger partial charge in [-0.15, -0.1) is 0 Å². The van der Waals surface area contributed by atoms with Crippen LogP contribution in [0.2, 0.25) is 0 Å². The van der Waals surface area contributed by atoms with Gasteiger partial charge in [0, 0.05) is 27.8 Å². The van der Waals surface area contributed by atoms with Crippen LogP contribution in [-0.4, -0.2) is 68.5 Å². The van der Waals surface area contributed by atoms with Crippen molar-refractivity contribution in [1.29, 1.82) is 0 Å². The Kier molecular flexibility index (Phi) is 5.87. The number of phenolic OH excluding ortho intramolecular Hbond substituents is 1. The zero-order valence-corrected chi connectivity index (χ0v) is 22.2. The first-order valence-electron chi connectivity index (χ1n) is 13.5. The number of benzene rings is 2. The van der Waals surface area contributed by atoms with Crippen LogP contribution in [0.3, 0.4) is 0 Å². The molecular formula is C30H31FN2O7. The molecule has 0 aliphatic heterocycles. The third-order valence-corrected chi connectivity index (χ3v) is 9.23. The number of aliphatic hydroxyl groups is 3. The SMILES string of the molecule is CN(C)[C@@H]1C(=O)C(C(N)=O)=C(O)[C@@]2(O)C(=O)C3=C(O)c4c(c(F)c5ccc(CCC6CC6)cc5c4O)C[C@H]3C[C@@H]12. The van der Waals surface area contributed by atoms with Crippen LogP contribution in [0.1, 0.15) is 42.4 Å². The van der Waals surface area contributed by atoms with Gasteiger partial charge in [0.05, 0.1) is 11.6 Å². The Hall–Kier alpha value is -3.76. The molecule has 0 aromatic heterocycles. The number of Topliss-reactive ketones (excluding diaryl/α,β-unsaturated/α-hetero) is 2. The second-order valence-corrected chi connectivity index (χ2v) is 11.8. The summed E-state index contributed by atoms with van der Waals surface area (Å²) in [6.45, 7) is 0. The Labute approximate surface area is 229 Å². The number of hydrogen-bond donors (Lipinski definition) is 5. The van der Waals surface area contributed by atoms with Crippen molar-refractivity contribution in [3.05, 3.63) is 57.6 Å². The highest BCUT2D eigenvalue weighted by Gasteiger charge is 2.64. The first kappa shape index (κ1) is 26.5. The van der Waals surface area contributed by atoms with E-state index in [0.717, 1.165) is 18.4 Å². The van der Waals surface area contributed by atoms with Gasteiger partial charge in [0.15, 0.2) is 11.4 Å². The Morgan fingerprint density at radius 1 is 1.15 bits per heavy atom. The molecule has 0 saturated heterocycles. The molecule has 9 nitrogen and oxygen atoms in total. The highest BCUT2D eigenvalue weighted by atomic mass is 19.1. The fourth-order valence-corrected chi connectivity index (χ4v) is 7.04. The molecule has 4 aliphatic carbocycles. The number of carbonyl (C=O) groups excluding carboxylic acids is 3. The largest absolute Gasteiger partial charge is 0.508 e. The monoisotopic (exact) mass is 550 g/mol. The second kappa shape index (κ2) is 8.87. The number of halogens is 1. The molecule has 0 bridgehead atoms. The standard InChI is InChI=1S/C30H31FN2O7/c1-33(2)23-18-11-14-10-17-20(24(34)16-9-13(6-5-12-3-4-12)7-8-15(16)22(17)31)25(35)19(14)27(37)30(18,40)28(38)21(26(23)36)29(32)39/h7-9,12,14,18,23,34-35,38,40H,3-6,10-11H2,1-2H3,(H2,32,39)/t14-,18-,23-,30-/m0/s1. The first-order chi connectivity index (χ1) is 18.9. The average Bonchev–Trinajstić information content (AvgIpc) is 3.72. The van der Waals surface area contributed by atoms with Gasteiger partial charge in [-0.05, 0) is 63.2 Å². The Morgan fingerprint density at radius 3 is 2.48 bits per heavy atom. The molecule has 0 radical (unpaired) electrons. The number of aliphatic hydroxyl groups excluding tert-OH is 2. The minimum Gasteiger partial charge on any atom is -0.508 e. The van der Waals surface area contributed by atoms with Crippen LogP contribution in [0.25, 0.3) is 16.5 Å². The van der Waals surface area contributed by atoms with E-state index in [1.54, 1.807) is 12.1 Å². The number of aromatic hydroxyl groups is 1. The lowest BCUT2D eigenvalue weighted by Crippen LogP contribution is -2.65. The zero-order valence-electron chi connectivity index (χ0n) is 22.2. The quantitative estimate of drug-likeness (QED) is 0.355. The van der Waals surface area contributed by atoms with Crippen molar-refractivity contribution in [2.45, 2.75) is 50.2 Å². The van der Waals surface area contributed by atoms with Crippen molar-refractivity contribution in [3.63, 3.8) is 0 Å². The summed E-state index contributed by atoms with van der Waals surface area (Å²) in [5, 5.41) is 45.7. The van der Waals surface area contributed by atoms with E-state index in [1.807, 2.05) is 6.07 Å². The van der Waals surface area contributed by atoms with E-state index in [9.17, 15) is 34.8 Å². The normalized spacial score (nSPS) is 28.2. The van der Waals surface area contributed by atoms with Crippen molar-refractivity contribution in [2.75, 3.05) is 14.1 Å². The highest BCUT2D eigenvalue weighted by molar-refractivity contribution is 6.24. The summed E-state index contributed by atoms with van der Waals surface area (Å²) < 4.78 is 16.0. The minimum atomic E-state index is -2.73. The maximum Gasteiger partial charge on any atom is 0.255 e. The summed E-state index contributed by atoms with van der Waals surface area (Å²) in [6, 6.07) is 3.94. The van der Waals surface area contributed by atoms with Gasteiger partial charge < -0.3 is 26.2 Å². The zero-order chi connectivity index (χ0) is 28.8. The van der Waals surface area contributed by atoms with E-state index in [2.05, 4.69) is 0 Å². The number of fused-ring (bicyclic) bond motifs is 4. The molecule has 1 amide bonds. The molecule has 2 aromatic rings. The molecule has 0 heterocycles. The second-order valence-electron chi connectivity index (χ2n) is 11.8. The highest BCUT2D eigenvalue weighted by Crippen LogP contribution is 2.54. The number of carbonyl (C=O) groups is 3. The summed E-state index contributed by atoms with van der Waals surface area (Å²) in [7, 11) is 3.05. The van der Waals surface area contributed by atoms with Crippen LogP contribution in [-0.2, 0) is 27.2 Å². The van der Waals surface area contributed by atoms with Gasteiger partial charge >= 0.3 is 0 Å². The lowest BCUT2D eigenvalue weighted by Gasteiger charge is -2.50. The lowest BCUT2D eigenvalue weighted by molar-refractivity contribution is -0.153. The molecule has 4 atom stereocenters. The molecule has 210 valence electrons.